The Balaban J connectivity index is 2.33. The highest BCUT2D eigenvalue weighted by molar-refractivity contribution is 7.16. The Hall–Kier alpha value is -2.93. The van der Waals surface area contributed by atoms with Gasteiger partial charge >= 0.3 is 11.9 Å². The molecule has 7 heteroatoms. The molecule has 1 aromatic carbocycles. The van der Waals surface area contributed by atoms with Crippen molar-refractivity contribution < 1.29 is 24.2 Å². The van der Waals surface area contributed by atoms with Gasteiger partial charge in [-0.3, -0.25) is 4.79 Å². The first-order valence-corrected chi connectivity index (χ1v) is 8.81. The van der Waals surface area contributed by atoms with E-state index >= 15 is 0 Å². The minimum atomic E-state index is -1.23. The third-order valence-corrected chi connectivity index (χ3v) is 4.82. The van der Waals surface area contributed by atoms with E-state index in [-0.39, 0.29) is 18.1 Å². The van der Waals surface area contributed by atoms with Gasteiger partial charge in [-0.25, -0.2) is 9.59 Å². The predicted octanol–water partition coefficient (Wildman–Crippen LogP) is 3.66. The lowest BCUT2D eigenvalue weighted by Gasteiger charge is -2.08. The fourth-order valence-electron chi connectivity index (χ4n) is 2.28. The average Bonchev–Trinajstić information content (AvgIpc) is 3.04. The SMILES string of the molecule is CCOC(=O)c1cc(C(C)c2ccccc2)sc1NC(=O)C=CC(=O)O. The summed E-state index contributed by atoms with van der Waals surface area (Å²) >= 11 is 1.27. The van der Waals surface area contributed by atoms with Gasteiger partial charge in [0.05, 0.1) is 12.2 Å². The summed E-state index contributed by atoms with van der Waals surface area (Å²) in [4.78, 5) is 35.5. The number of benzene rings is 1. The number of carboxylic acids is 1. The monoisotopic (exact) mass is 373 g/mol. The Morgan fingerprint density at radius 2 is 1.92 bits per heavy atom. The van der Waals surface area contributed by atoms with Crippen molar-refractivity contribution in [3.05, 3.63) is 64.6 Å². The lowest BCUT2D eigenvalue weighted by atomic mass is 9.99. The molecule has 1 aromatic heterocycles. The molecule has 0 aliphatic rings. The van der Waals surface area contributed by atoms with Crippen LogP contribution in [-0.4, -0.2) is 29.6 Å². The zero-order valence-corrected chi connectivity index (χ0v) is 15.2. The van der Waals surface area contributed by atoms with Crippen LogP contribution in [0.4, 0.5) is 5.00 Å². The normalized spacial score (nSPS) is 11.9. The van der Waals surface area contributed by atoms with Gasteiger partial charge in [-0.15, -0.1) is 11.3 Å². The number of aliphatic carboxylic acids is 1. The molecule has 2 N–H and O–H groups in total. The molecule has 1 unspecified atom stereocenters. The van der Waals surface area contributed by atoms with Crippen LogP contribution in [0.1, 0.15) is 40.6 Å². The molecule has 0 spiro atoms. The number of carbonyl (C=O) groups excluding carboxylic acids is 2. The third-order valence-electron chi connectivity index (χ3n) is 3.59. The van der Waals surface area contributed by atoms with E-state index in [9.17, 15) is 14.4 Å². The highest BCUT2D eigenvalue weighted by atomic mass is 32.1. The zero-order chi connectivity index (χ0) is 19.1. The fourth-order valence-corrected chi connectivity index (χ4v) is 3.41. The van der Waals surface area contributed by atoms with E-state index in [2.05, 4.69) is 5.32 Å². The minimum absolute atomic E-state index is 0.0228. The Labute approximate surface area is 155 Å². The second kappa shape index (κ2) is 8.96. The number of hydrogen-bond acceptors (Lipinski definition) is 5. The van der Waals surface area contributed by atoms with Crippen LogP contribution < -0.4 is 5.32 Å². The highest BCUT2D eigenvalue weighted by Gasteiger charge is 2.21. The summed E-state index contributed by atoms with van der Waals surface area (Å²) in [7, 11) is 0. The molecule has 0 aliphatic heterocycles. The molecule has 2 rings (SSSR count). The van der Waals surface area contributed by atoms with Crippen molar-refractivity contribution in [1.29, 1.82) is 0 Å². The summed E-state index contributed by atoms with van der Waals surface area (Å²) in [6.45, 7) is 3.92. The number of anilines is 1. The van der Waals surface area contributed by atoms with Crippen LogP contribution >= 0.6 is 11.3 Å². The van der Waals surface area contributed by atoms with Crippen molar-refractivity contribution >= 4 is 34.2 Å². The summed E-state index contributed by atoms with van der Waals surface area (Å²) < 4.78 is 5.05. The van der Waals surface area contributed by atoms with E-state index in [1.54, 1.807) is 13.0 Å². The third kappa shape index (κ3) is 5.03. The van der Waals surface area contributed by atoms with E-state index in [4.69, 9.17) is 9.84 Å². The molecule has 6 nitrogen and oxygen atoms in total. The van der Waals surface area contributed by atoms with Crippen molar-refractivity contribution in [2.45, 2.75) is 19.8 Å². The lowest BCUT2D eigenvalue weighted by Crippen LogP contribution is -2.12. The Kier molecular flexibility index (Phi) is 6.68. The summed E-state index contributed by atoms with van der Waals surface area (Å²) in [6.07, 6.45) is 1.64. The van der Waals surface area contributed by atoms with Gasteiger partial charge in [0.15, 0.2) is 0 Å². The van der Waals surface area contributed by atoms with Gasteiger partial charge in [0.2, 0.25) is 5.91 Å². The predicted molar refractivity (Wildman–Crippen MR) is 99.6 cm³/mol. The standard InChI is InChI=1S/C19H19NO5S/c1-3-25-19(24)14-11-15(12(2)13-7-5-4-6-8-13)26-18(14)20-16(21)9-10-17(22)23/h4-12H,3H2,1-2H3,(H,20,21)(H,22,23). The van der Waals surface area contributed by atoms with Gasteiger partial charge in [-0.2, -0.15) is 0 Å². The Bertz CT molecular complexity index is 826. The van der Waals surface area contributed by atoms with E-state index in [0.717, 1.165) is 22.6 Å². The summed E-state index contributed by atoms with van der Waals surface area (Å²) in [5.41, 5.74) is 1.33. The number of esters is 1. The number of carboxylic acid groups (broad SMARTS) is 1. The molecule has 0 saturated carbocycles. The maximum atomic E-state index is 12.2. The second-order valence-corrected chi connectivity index (χ2v) is 6.49. The summed E-state index contributed by atoms with van der Waals surface area (Å²) in [5.74, 6) is -2.36. The molecule has 0 aliphatic carbocycles. The number of nitrogens with one attached hydrogen (secondary N) is 1. The number of hydrogen-bond donors (Lipinski definition) is 2. The molecule has 1 amide bonds. The molecule has 1 atom stereocenters. The topological polar surface area (TPSA) is 92.7 Å². The first-order chi connectivity index (χ1) is 12.4. The molecule has 0 radical (unpaired) electrons. The van der Waals surface area contributed by atoms with Crippen LogP contribution in [0.25, 0.3) is 0 Å². The van der Waals surface area contributed by atoms with Crippen molar-refractivity contribution in [2.75, 3.05) is 11.9 Å². The lowest BCUT2D eigenvalue weighted by molar-refractivity contribution is -0.131. The molecule has 0 fully saturated rings. The van der Waals surface area contributed by atoms with Crippen LogP contribution in [-0.2, 0) is 14.3 Å². The maximum absolute atomic E-state index is 12.2. The van der Waals surface area contributed by atoms with Crippen molar-refractivity contribution in [3.8, 4) is 0 Å². The van der Waals surface area contributed by atoms with Gasteiger partial charge in [0.25, 0.3) is 0 Å². The zero-order valence-electron chi connectivity index (χ0n) is 14.4. The highest BCUT2D eigenvalue weighted by Crippen LogP contribution is 2.36. The number of thiophene rings is 1. The van der Waals surface area contributed by atoms with Crippen molar-refractivity contribution in [2.24, 2.45) is 0 Å². The molecular formula is C19H19NO5S. The summed E-state index contributed by atoms with van der Waals surface area (Å²) in [5, 5.41) is 11.5. The quantitative estimate of drug-likeness (QED) is 0.571. The Morgan fingerprint density at radius 1 is 1.23 bits per heavy atom. The van der Waals surface area contributed by atoms with E-state index in [1.165, 1.54) is 11.3 Å². The molecule has 136 valence electrons. The first kappa shape index (κ1) is 19.4. The van der Waals surface area contributed by atoms with Crippen molar-refractivity contribution in [3.63, 3.8) is 0 Å². The maximum Gasteiger partial charge on any atom is 0.341 e. The first-order valence-electron chi connectivity index (χ1n) is 8.00. The molecule has 26 heavy (non-hydrogen) atoms. The van der Waals surface area contributed by atoms with E-state index < -0.39 is 17.8 Å². The fraction of sp³-hybridized carbons (Fsp3) is 0.211. The largest absolute Gasteiger partial charge is 0.478 e. The van der Waals surface area contributed by atoms with Crippen LogP contribution in [0.2, 0.25) is 0 Å². The number of rotatable bonds is 7. The van der Waals surface area contributed by atoms with Gasteiger partial charge in [0, 0.05) is 22.9 Å². The van der Waals surface area contributed by atoms with Crippen molar-refractivity contribution in [1.82, 2.24) is 0 Å². The average molecular weight is 373 g/mol. The number of carbonyl (C=O) groups is 3. The molecule has 2 aromatic rings. The minimum Gasteiger partial charge on any atom is -0.478 e. The van der Waals surface area contributed by atoms with Crippen LogP contribution in [0.5, 0.6) is 0 Å². The number of amides is 1. The van der Waals surface area contributed by atoms with E-state index in [0.29, 0.717) is 5.00 Å². The van der Waals surface area contributed by atoms with Gasteiger partial charge in [0.1, 0.15) is 5.00 Å². The molecule has 1 heterocycles. The molecule has 0 saturated heterocycles. The molecule has 0 bridgehead atoms. The Morgan fingerprint density at radius 3 is 2.54 bits per heavy atom. The van der Waals surface area contributed by atoms with Gasteiger partial charge in [-0.05, 0) is 18.6 Å². The second-order valence-electron chi connectivity index (χ2n) is 5.41. The molecular weight excluding hydrogens is 354 g/mol. The van der Waals surface area contributed by atoms with Gasteiger partial charge in [-0.1, -0.05) is 37.3 Å². The van der Waals surface area contributed by atoms with Crippen LogP contribution in [0, 0.1) is 0 Å². The van der Waals surface area contributed by atoms with E-state index in [1.807, 2.05) is 37.3 Å². The smallest absolute Gasteiger partial charge is 0.341 e. The number of ether oxygens (including phenoxy) is 1. The van der Waals surface area contributed by atoms with Crippen LogP contribution in [0.15, 0.2) is 48.6 Å². The van der Waals surface area contributed by atoms with Crippen LogP contribution in [0.3, 0.4) is 0 Å². The summed E-state index contributed by atoms with van der Waals surface area (Å²) in [6, 6.07) is 11.5. The van der Waals surface area contributed by atoms with Gasteiger partial charge < -0.3 is 15.2 Å².